The summed E-state index contributed by atoms with van der Waals surface area (Å²) in [6, 6.07) is 0. The standard InChI is InChI=1S/C19H26O4/c1-7-14-10(3)18(20)12(5)16(22-14)9-17-13(6)19(21)11(4)15(8-2)23-17/h12,16H,7-9H2,1-6H3. The highest BCUT2D eigenvalue weighted by Gasteiger charge is 2.34. The molecule has 2 unspecified atom stereocenters. The van der Waals surface area contributed by atoms with Crippen molar-refractivity contribution < 1.29 is 13.9 Å². The second kappa shape index (κ2) is 6.73. The fraction of sp³-hybridized carbons (Fsp3) is 0.579. The average molecular weight is 318 g/mol. The lowest BCUT2D eigenvalue weighted by Gasteiger charge is -2.31. The lowest BCUT2D eigenvalue weighted by Crippen LogP contribution is -2.36. The van der Waals surface area contributed by atoms with Gasteiger partial charge in [-0.1, -0.05) is 20.8 Å². The van der Waals surface area contributed by atoms with E-state index in [1.165, 1.54) is 0 Å². The van der Waals surface area contributed by atoms with Crippen LogP contribution < -0.4 is 5.43 Å². The monoisotopic (exact) mass is 318 g/mol. The van der Waals surface area contributed by atoms with Crippen LogP contribution in [0.2, 0.25) is 0 Å². The number of allylic oxidation sites excluding steroid dienone is 2. The van der Waals surface area contributed by atoms with E-state index in [0.29, 0.717) is 47.5 Å². The van der Waals surface area contributed by atoms with Crippen molar-refractivity contribution in [3.05, 3.63) is 44.2 Å². The first-order valence-corrected chi connectivity index (χ1v) is 8.34. The van der Waals surface area contributed by atoms with Crippen molar-refractivity contribution in [2.24, 2.45) is 5.92 Å². The molecular weight excluding hydrogens is 292 g/mol. The Kier molecular flexibility index (Phi) is 5.12. The van der Waals surface area contributed by atoms with Gasteiger partial charge in [-0.15, -0.1) is 0 Å². The maximum Gasteiger partial charge on any atom is 0.191 e. The number of ketones is 1. The molecule has 0 bridgehead atoms. The Labute approximate surface area is 137 Å². The second-order valence-corrected chi connectivity index (χ2v) is 6.30. The van der Waals surface area contributed by atoms with Gasteiger partial charge in [-0.05, 0) is 20.8 Å². The van der Waals surface area contributed by atoms with Gasteiger partial charge in [0.25, 0.3) is 0 Å². The molecule has 0 N–H and O–H groups in total. The molecule has 1 aliphatic heterocycles. The van der Waals surface area contributed by atoms with E-state index in [1.807, 2.05) is 27.7 Å². The number of ether oxygens (including phenoxy) is 1. The number of carbonyl (C=O) groups excluding carboxylic acids is 1. The molecule has 23 heavy (non-hydrogen) atoms. The largest absolute Gasteiger partial charge is 0.493 e. The van der Waals surface area contributed by atoms with E-state index in [-0.39, 0.29) is 23.2 Å². The van der Waals surface area contributed by atoms with Crippen LogP contribution in [-0.4, -0.2) is 11.9 Å². The van der Waals surface area contributed by atoms with Crippen LogP contribution in [0, 0.1) is 19.8 Å². The van der Waals surface area contributed by atoms with Gasteiger partial charge >= 0.3 is 0 Å². The van der Waals surface area contributed by atoms with Gasteiger partial charge in [-0.25, -0.2) is 0 Å². The van der Waals surface area contributed by atoms with E-state index >= 15 is 0 Å². The van der Waals surface area contributed by atoms with Gasteiger partial charge in [0.15, 0.2) is 11.2 Å². The number of rotatable bonds is 4. The maximum atomic E-state index is 12.4. The molecule has 0 saturated heterocycles. The summed E-state index contributed by atoms with van der Waals surface area (Å²) in [4.78, 5) is 24.7. The van der Waals surface area contributed by atoms with Crippen LogP contribution in [-0.2, 0) is 22.4 Å². The smallest absolute Gasteiger partial charge is 0.191 e. The summed E-state index contributed by atoms with van der Waals surface area (Å²) in [6.45, 7) is 11.2. The molecule has 0 amide bonds. The van der Waals surface area contributed by atoms with Crippen LogP contribution in [0.4, 0.5) is 0 Å². The summed E-state index contributed by atoms with van der Waals surface area (Å²) in [7, 11) is 0. The van der Waals surface area contributed by atoms with Gasteiger partial charge in [0.1, 0.15) is 23.4 Å². The number of hydrogen-bond acceptors (Lipinski definition) is 4. The zero-order valence-corrected chi connectivity index (χ0v) is 14.9. The number of carbonyl (C=O) groups is 1. The quantitative estimate of drug-likeness (QED) is 0.850. The predicted octanol–water partition coefficient (Wildman–Crippen LogP) is 3.65. The molecule has 1 aromatic rings. The van der Waals surface area contributed by atoms with Crippen molar-refractivity contribution in [1.82, 2.24) is 0 Å². The Morgan fingerprint density at radius 1 is 0.957 bits per heavy atom. The van der Waals surface area contributed by atoms with Gasteiger partial charge < -0.3 is 9.15 Å². The molecule has 1 aliphatic rings. The summed E-state index contributed by atoms with van der Waals surface area (Å²) in [6.07, 6.45) is 1.53. The molecule has 4 nitrogen and oxygen atoms in total. The van der Waals surface area contributed by atoms with Crippen molar-refractivity contribution in [1.29, 1.82) is 0 Å². The van der Waals surface area contributed by atoms with Gasteiger partial charge in [0.05, 0.1) is 5.92 Å². The topological polar surface area (TPSA) is 56.5 Å². The molecule has 2 rings (SSSR count). The molecule has 4 heteroatoms. The third-order valence-electron chi connectivity index (χ3n) is 4.85. The van der Waals surface area contributed by atoms with Gasteiger partial charge in [0.2, 0.25) is 0 Å². The highest BCUT2D eigenvalue weighted by atomic mass is 16.5. The van der Waals surface area contributed by atoms with Crippen molar-refractivity contribution in [2.45, 2.75) is 66.9 Å². The van der Waals surface area contributed by atoms with Crippen LogP contribution >= 0.6 is 0 Å². The summed E-state index contributed by atoms with van der Waals surface area (Å²) >= 11 is 0. The fourth-order valence-electron chi connectivity index (χ4n) is 3.14. The van der Waals surface area contributed by atoms with E-state index in [4.69, 9.17) is 9.15 Å². The molecule has 0 fully saturated rings. The maximum absolute atomic E-state index is 12.4. The molecule has 0 aromatic carbocycles. The molecule has 0 saturated carbocycles. The van der Waals surface area contributed by atoms with Gasteiger partial charge in [0, 0.05) is 36.0 Å². The van der Waals surface area contributed by atoms with Crippen LogP contribution in [0.1, 0.15) is 56.8 Å². The van der Waals surface area contributed by atoms with Crippen molar-refractivity contribution >= 4 is 5.78 Å². The first-order chi connectivity index (χ1) is 10.8. The van der Waals surface area contributed by atoms with Gasteiger partial charge in [-0.3, -0.25) is 9.59 Å². The number of Topliss-reactive ketones (excluding diaryl/α,β-unsaturated/α-hetero) is 1. The minimum absolute atomic E-state index is 0.0281. The molecule has 2 atom stereocenters. The summed E-state index contributed by atoms with van der Waals surface area (Å²) in [5.41, 5.74) is 2.03. The lowest BCUT2D eigenvalue weighted by atomic mass is 9.88. The van der Waals surface area contributed by atoms with Crippen molar-refractivity contribution in [3.8, 4) is 0 Å². The van der Waals surface area contributed by atoms with Crippen LogP contribution in [0.5, 0.6) is 0 Å². The molecule has 0 spiro atoms. The number of aryl methyl sites for hydroxylation is 1. The zero-order chi connectivity index (χ0) is 17.3. The minimum Gasteiger partial charge on any atom is -0.493 e. The first kappa shape index (κ1) is 17.5. The van der Waals surface area contributed by atoms with Crippen LogP contribution in [0.3, 0.4) is 0 Å². The third-order valence-corrected chi connectivity index (χ3v) is 4.85. The Balaban J connectivity index is 2.38. The SMILES string of the molecule is CCC1=C(C)C(=O)C(C)C(Cc2oc(CC)c(C)c(=O)c2C)O1. The van der Waals surface area contributed by atoms with Crippen LogP contribution in [0.25, 0.3) is 0 Å². The highest BCUT2D eigenvalue weighted by molar-refractivity contribution is 5.97. The van der Waals surface area contributed by atoms with Crippen LogP contribution in [0.15, 0.2) is 20.5 Å². The normalized spacial score (nSPS) is 21.6. The summed E-state index contributed by atoms with van der Waals surface area (Å²) < 4.78 is 12.0. The molecule has 0 aliphatic carbocycles. The van der Waals surface area contributed by atoms with Crippen molar-refractivity contribution in [2.75, 3.05) is 0 Å². The first-order valence-electron chi connectivity index (χ1n) is 8.34. The molecule has 2 heterocycles. The molecule has 0 radical (unpaired) electrons. The molecule has 126 valence electrons. The Hall–Kier alpha value is -1.84. The summed E-state index contributed by atoms with van der Waals surface area (Å²) in [5, 5.41) is 0. The highest BCUT2D eigenvalue weighted by Crippen LogP contribution is 2.30. The average Bonchev–Trinajstić information content (AvgIpc) is 2.55. The third kappa shape index (κ3) is 3.12. The Morgan fingerprint density at radius 2 is 1.57 bits per heavy atom. The lowest BCUT2D eigenvalue weighted by molar-refractivity contribution is -0.125. The number of hydrogen-bond donors (Lipinski definition) is 0. The van der Waals surface area contributed by atoms with E-state index in [0.717, 1.165) is 5.76 Å². The molecule has 1 aromatic heterocycles. The summed E-state index contributed by atoms with van der Waals surface area (Å²) in [5.74, 6) is 1.99. The minimum atomic E-state index is -0.282. The van der Waals surface area contributed by atoms with E-state index in [2.05, 4.69) is 0 Å². The van der Waals surface area contributed by atoms with E-state index in [9.17, 15) is 9.59 Å². The van der Waals surface area contributed by atoms with Gasteiger partial charge in [-0.2, -0.15) is 0 Å². The van der Waals surface area contributed by atoms with Crippen molar-refractivity contribution in [3.63, 3.8) is 0 Å². The van der Waals surface area contributed by atoms with E-state index in [1.54, 1.807) is 13.8 Å². The Bertz CT molecular complexity index is 709. The Morgan fingerprint density at radius 3 is 2.13 bits per heavy atom. The molecular formula is C19H26O4. The predicted molar refractivity (Wildman–Crippen MR) is 89.6 cm³/mol. The zero-order valence-electron chi connectivity index (χ0n) is 14.9. The van der Waals surface area contributed by atoms with E-state index < -0.39 is 0 Å². The fourth-order valence-corrected chi connectivity index (χ4v) is 3.14. The second-order valence-electron chi connectivity index (χ2n) is 6.30.